The molecule has 0 saturated carbocycles. The summed E-state index contributed by atoms with van der Waals surface area (Å²) >= 11 is 1.47. The van der Waals surface area contributed by atoms with E-state index in [2.05, 4.69) is 66.9 Å². The number of nitrogens with one attached hydrogen (secondary N) is 3. The van der Waals surface area contributed by atoms with Gasteiger partial charge in [0, 0.05) is 69.9 Å². The lowest BCUT2D eigenvalue weighted by Gasteiger charge is -2.37. The predicted molar refractivity (Wildman–Crippen MR) is 204 cm³/mol. The summed E-state index contributed by atoms with van der Waals surface area (Å²) in [5.74, 6) is 1.84. The fourth-order valence-electron chi connectivity index (χ4n) is 6.29. The summed E-state index contributed by atoms with van der Waals surface area (Å²) in [5.41, 5.74) is 6.02. The van der Waals surface area contributed by atoms with Crippen molar-refractivity contribution in [1.82, 2.24) is 24.8 Å². The number of piperazine rings is 1. The van der Waals surface area contributed by atoms with Crippen LogP contribution in [-0.4, -0.2) is 110 Å². The maximum atomic E-state index is 13.7. The van der Waals surface area contributed by atoms with E-state index in [4.69, 9.17) is 14.5 Å². The van der Waals surface area contributed by atoms with E-state index < -0.39 is 0 Å². The van der Waals surface area contributed by atoms with Gasteiger partial charge in [0.15, 0.2) is 11.6 Å². The molecular weight excluding hydrogens is 651 g/mol. The molecule has 1 amide bonds. The average molecular weight is 700 g/mol. The monoisotopic (exact) mass is 699 g/mol. The number of rotatable bonds is 11. The van der Waals surface area contributed by atoms with E-state index in [0.29, 0.717) is 28.3 Å². The first kappa shape index (κ1) is 35.6. The molecule has 13 heteroatoms. The quantitative estimate of drug-likeness (QED) is 0.165. The number of hydrogen-bond donors (Lipinski definition) is 3. The van der Waals surface area contributed by atoms with Gasteiger partial charge in [0.05, 0.1) is 37.2 Å². The molecule has 0 radical (unpaired) electrons. The van der Waals surface area contributed by atoms with Crippen molar-refractivity contribution in [2.24, 2.45) is 0 Å². The van der Waals surface area contributed by atoms with Gasteiger partial charge in [-0.2, -0.15) is 0 Å². The van der Waals surface area contributed by atoms with Crippen LogP contribution in [-0.2, 0) is 10.2 Å². The molecule has 0 aliphatic carbocycles. The average Bonchev–Trinajstić information content (AvgIpc) is 3.12. The fraction of sp³-hybridized carbons (Fsp3) is 0.459. The van der Waals surface area contributed by atoms with E-state index in [-0.39, 0.29) is 11.3 Å². The third-order valence-electron chi connectivity index (χ3n) is 9.37. The highest BCUT2D eigenvalue weighted by molar-refractivity contribution is 7.99. The number of amides is 1. The van der Waals surface area contributed by atoms with Gasteiger partial charge in [0.25, 0.3) is 5.91 Å². The van der Waals surface area contributed by atoms with Crippen molar-refractivity contribution in [1.29, 1.82) is 0 Å². The molecule has 3 N–H and O–H groups in total. The molecule has 0 unspecified atom stereocenters. The molecule has 2 aromatic carbocycles. The lowest BCUT2D eigenvalue weighted by Crippen LogP contribution is -2.49. The summed E-state index contributed by atoms with van der Waals surface area (Å²) in [6.07, 6.45) is 3.50. The largest absolute Gasteiger partial charge is 0.492 e. The van der Waals surface area contributed by atoms with Gasteiger partial charge in [-0.05, 0) is 59.9 Å². The molecule has 0 spiro atoms. The molecule has 12 nitrogen and oxygen atoms in total. The number of fused-ring (bicyclic) bond motifs is 1. The molecule has 6 rings (SSSR count). The molecule has 2 aromatic heterocycles. The van der Waals surface area contributed by atoms with E-state index in [1.807, 2.05) is 49.6 Å². The number of morpholine rings is 1. The molecule has 2 aliphatic rings. The Bertz CT molecular complexity index is 1800. The normalized spacial score (nSPS) is 16.0. The van der Waals surface area contributed by atoms with Crippen LogP contribution in [0.15, 0.2) is 48.8 Å². The summed E-state index contributed by atoms with van der Waals surface area (Å²) in [5, 5.41) is 6.57. The fourth-order valence-corrected chi connectivity index (χ4v) is 6.66. The summed E-state index contributed by atoms with van der Waals surface area (Å²) < 4.78 is 14.5. The van der Waals surface area contributed by atoms with Crippen molar-refractivity contribution in [2.45, 2.75) is 33.1 Å². The van der Waals surface area contributed by atoms with E-state index in [1.165, 1.54) is 11.9 Å². The first-order valence-electron chi connectivity index (χ1n) is 17.2. The minimum Gasteiger partial charge on any atom is -0.492 e. The Morgan fingerprint density at radius 1 is 0.920 bits per heavy atom. The van der Waals surface area contributed by atoms with Gasteiger partial charge in [-0.15, -0.1) is 0 Å². The lowest BCUT2D eigenvalue weighted by molar-refractivity contribution is 0.0331. The van der Waals surface area contributed by atoms with Crippen molar-refractivity contribution in [2.75, 3.05) is 99.2 Å². The molecule has 50 heavy (non-hydrogen) atoms. The minimum absolute atomic E-state index is 0.132. The Morgan fingerprint density at radius 2 is 1.64 bits per heavy atom. The number of methoxy groups -OCH3 is 1. The highest BCUT2D eigenvalue weighted by Crippen LogP contribution is 2.40. The van der Waals surface area contributed by atoms with Crippen molar-refractivity contribution in [3.63, 3.8) is 0 Å². The second kappa shape index (κ2) is 15.8. The second-order valence-electron chi connectivity index (χ2n) is 13.8. The van der Waals surface area contributed by atoms with Crippen molar-refractivity contribution in [3.8, 4) is 5.75 Å². The zero-order valence-electron chi connectivity index (χ0n) is 30.0. The number of aromatic nitrogens is 3. The number of carbonyl (C=O) groups is 1. The van der Waals surface area contributed by atoms with Crippen LogP contribution in [0, 0.1) is 6.92 Å². The summed E-state index contributed by atoms with van der Waals surface area (Å²) in [6, 6.07) is 13.7. The van der Waals surface area contributed by atoms with Gasteiger partial charge >= 0.3 is 0 Å². The smallest absolute Gasteiger partial charge is 0.255 e. The van der Waals surface area contributed by atoms with Crippen LogP contribution in [0.4, 0.5) is 28.7 Å². The summed E-state index contributed by atoms with van der Waals surface area (Å²) in [7, 11) is 1.61. The molecular formula is C37H49N9O3S. The van der Waals surface area contributed by atoms with Crippen LogP contribution in [0.3, 0.4) is 0 Å². The van der Waals surface area contributed by atoms with Crippen LogP contribution >= 0.6 is 11.9 Å². The van der Waals surface area contributed by atoms with E-state index in [0.717, 1.165) is 99.4 Å². The summed E-state index contributed by atoms with van der Waals surface area (Å²) in [4.78, 5) is 35.2. The highest BCUT2D eigenvalue weighted by Gasteiger charge is 2.23. The molecule has 266 valence electrons. The van der Waals surface area contributed by atoms with Gasteiger partial charge in [0.2, 0.25) is 0 Å². The topological polar surface area (TPSA) is 120 Å². The number of benzene rings is 2. The van der Waals surface area contributed by atoms with Crippen LogP contribution in [0.2, 0.25) is 0 Å². The van der Waals surface area contributed by atoms with E-state index >= 15 is 0 Å². The zero-order valence-corrected chi connectivity index (χ0v) is 30.8. The van der Waals surface area contributed by atoms with Crippen molar-refractivity contribution < 1.29 is 14.3 Å². The summed E-state index contributed by atoms with van der Waals surface area (Å²) in [6.45, 7) is 18.1. The Morgan fingerprint density at radius 3 is 2.34 bits per heavy atom. The Hall–Kier alpha value is -4.17. The lowest BCUT2D eigenvalue weighted by atomic mass is 9.86. The SMILES string of the molecule is COc1c(NSC)cc(C(C)(C)C)cc1NC(=O)c1ccc(C)c(Nc2ncnc3ccc(N4CCN(CCN5CCOCC5)CC4)nc23)c1. The molecule has 4 heterocycles. The van der Waals surface area contributed by atoms with E-state index in [9.17, 15) is 4.79 Å². The first-order valence-corrected chi connectivity index (χ1v) is 18.4. The maximum Gasteiger partial charge on any atom is 0.255 e. The Kier molecular flexibility index (Phi) is 11.3. The van der Waals surface area contributed by atoms with E-state index in [1.54, 1.807) is 13.4 Å². The molecule has 2 fully saturated rings. The minimum atomic E-state index is -0.246. The molecule has 0 atom stereocenters. The molecule has 4 aromatic rings. The number of carbonyl (C=O) groups excluding carboxylic acids is 1. The number of ether oxygens (including phenoxy) is 2. The number of hydrogen-bond acceptors (Lipinski definition) is 12. The molecule has 2 aliphatic heterocycles. The van der Waals surface area contributed by atoms with Crippen molar-refractivity contribution in [3.05, 3.63) is 65.5 Å². The van der Waals surface area contributed by atoms with Crippen molar-refractivity contribution >= 4 is 57.6 Å². The zero-order chi connectivity index (χ0) is 35.3. The third kappa shape index (κ3) is 8.40. The second-order valence-corrected chi connectivity index (χ2v) is 14.4. The van der Waals surface area contributed by atoms with Crippen LogP contribution in [0.1, 0.15) is 42.3 Å². The number of aryl methyl sites for hydroxylation is 1. The van der Waals surface area contributed by atoms with Gasteiger partial charge in [0.1, 0.15) is 17.7 Å². The number of nitrogens with zero attached hydrogens (tertiary/aromatic N) is 6. The van der Waals surface area contributed by atoms with Gasteiger partial charge in [-0.3, -0.25) is 14.6 Å². The van der Waals surface area contributed by atoms with Gasteiger partial charge in [-0.1, -0.05) is 38.8 Å². The van der Waals surface area contributed by atoms with Crippen LogP contribution < -0.4 is 25.0 Å². The van der Waals surface area contributed by atoms with Crippen LogP contribution in [0.25, 0.3) is 11.0 Å². The molecule has 2 saturated heterocycles. The van der Waals surface area contributed by atoms with Gasteiger partial charge < -0.3 is 29.7 Å². The predicted octanol–water partition coefficient (Wildman–Crippen LogP) is 5.78. The Labute approximate surface area is 299 Å². The highest BCUT2D eigenvalue weighted by atomic mass is 32.2. The van der Waals surface area contributed by atoms with Gasteiger partial charge in [-0.25, -0.2) is 15.0 Å². The molecule has 0 bridgehead atoms. The van der Waals surface area contributed by atoms with Crippen LogP contribution in [0.5, 0.6) is 5.75 Å². The Balaban J connectivity index is 1.18. The first-order chi connectivity index (χ1) is 24.1. The maximum absolute atomic E-state index is 13.7. The third-order valence-corrected chi connectivity index (χ3v) is 9.80. The number of anilines is 5. The standard InChI is InChI=1S/C37H49N9O3S/c1-25-7-8-26(36(47)41-30-22-27(37(2,3)4)23-31(43-50-6)34(30)48-5)21-29(25)40-35-33-28(38-24-39-35)9-10-32(42-33)46-15-13-44(14-16-46)11-12-45-17-19-49-20-18-45/h7-10,21-24,43H,11-20H2,1-6H3,(H,41,47)(H,38,39,40). The number of pyridine rings is 1.